The van der Waals surface area contributed by atoms with Gasteiger partial charge in [-0.3, -0.25) is 4.79 Å². The molecule has 4 nitrogen and oxygen atoms in total. The third-order valence-electron chi connectivity index (χ3n) is 4.16. The SMILES string of the molecule is Cc1ccc([C@H](C)NC(=O)Cc2c[nH]c3ncccc23)c(C)c1. The summed E-state index contributed by atoms with van der Waals surface area (Å²) in [6.45, 7) is 6.17. The van der Waals surface area contributed by atoms with Crippen LogP contribution in [0, 0.1) is 13.8 Å². The Labute approximate surface area is 136 Å². The van der Waals surface area contributed by atoms with Crippen molar-refractivity contribution in [3.63, 3.8) is 0 Å². The molecule has 0 saturated carbocycles. The highest BCUT2D eigenvalue weighted by atomic mass is 16.1. The zero-order valence-electron chi connectivity index (χ0n) is 13.7. The van der Waals surface area contributed by atoms with Crippen molar-refractivity contribution in [1.82, 2.24) is 15.3 Å². The van der Waals surface area contributed by atoms with Crippen LogP contribution >= 0.6 is 0 Å². The number of aromatic nitrogens is 2. The molecule has 23 heavy (non-hydrogen) atoms. The van der Waals surface area contributed by atoms with Gasteiger partial charge in [-0.05, 0) is 49.6 Å². The highest BCUT2D eigenvalue weighted by Crippen LogP contribution is 2.20. The number of aromatic amines is 1. The van der Waals surface area contributed by atoms with Crippen LogP contribution in [0.5, 0.6) is 0 Å². The van der Waals surface area contributed by atoms with Crippen LogP contribution in [0.3, 0.4) is 0 Å². The number of nitrogens with one attached hydrogen (secondary N) is 2. The standard InChI is InChI=1S/C19H21N3O/c1-12-6-7-16(13(2)9-12)14(3)22-18(23)10-15-11-21-19-17(15)5-4-8-20-19/h4-9,11,14H,10H2,1-3H3,(H,20,21)(H,22,23)/t14-/m0/s1. The van der Waals surface area contributed by atoms with Gasteiger partial charge in [0.2, 0.25) is 5.91 Å². The molecule has 118 valence electrons. The van der Waals surface area contributed by atoms with Crippen molar-refractivity contribution in [2.45, 2.75) is 33.2 Å². The van der Waals surface area contributed by atoms with E-state index >= 15 is 0 Å². The van der Waals surface area contributed by atoms with E-state index in [1.165, 1.54) is 11.1 Å². The van der Waals surface area contributed by atoms with E-state index in [2.05, 4.69) is 47.3 Å². The predicted octanol–water partition coefficient (Wildman–Crippen LogP) is 3.60. The molecular formula is C19H21N3O. The van der Waals surface area contributed by atoms with Gasteiger partial charge in [0.25, 0.3) is 0 Å². The van der Waals surface area contributed by atoms with Gasteiger partial charge >= 0.3 is 0 Å². The molecule has 1 atom stereocenters. The number of aryl methyl sites for hydroxylation is 2. The molecule has 0 unspecified atom stereocenters. The van der Waals surface area contributed by atoms with Gasteiger partial charge in [0.15, 0.2) is 0 Å². The van der Waals surface area contributed by atoms with Gasteiger partial charge < -0.3 is 10.3 Å². The molecule has 3 aromatic rings. The van der Waals surface area contributed by atoms with Crippen LogP contribution in [-0.4, -0.2) is 15.9 Å². The molecule has 2 heterocycles. The zero-order valence-corrected chi connectivity index (χ0v) is 13.7. The lowest BCUT2D eigenvalue weighted by atomic mass is 10.00. The lowest BCUT2D eigenvalue weighted by molar-refractivity contribution is -0.121. The second-order valence-electron chi connectivity index (χ2n) is 6.04. The largest absolute Gasteiger partial charge is 0.349 e. The molecule has 0 aliphatic heterocycles. The fourth-order valence-corrected chi connectivity index (χ4v) is 3.01. The highest BCUT2D eigenvalue weighted by Gasteiger charge is 2.14. The maximum Gasteiger partial charge on any atom is 0.224 e. The maximum atomic E-state index is 12.4. The average molecular weight is 307 g/mol. The van der Waals surface area contributed by atoms with E-state index < -0.39 is 0 Å². The molecule has 0 bridgehead atoms. The quantitative estimate of drug-likeness (QED) is 0.773. The number of rotatable bonds is 4. The van der Waals surface area contributed by atoms with Crippen molar-refractivity contribution >= 4 is 16.9 Å². The Balaban J connectivity index is 1.71. The topological polar surface area (TPSA) is 57.8 Å². The van der Waals surface area contributed by atoms with Crippen molar-refractivity contribution in [3.05, 3.63) is 65.0 Å². The van der Waals surface area contributed by atoms with Gasteiger partial charge in [-0.2, -0.15) is 0 Å². The molecule has 0 radical (unpaired) electrons. The van der Waals surface area contributed by atoms with Crippen LogP contribution < -0.4 is 5.32 Å². The van der Waals surface area contributed by atoms with Gasteiger partial charge in [-0.1, -0.05) is 23.8 Å². The molecular weight excluding hydrogens is 286 g/mol. The van der Waals surface area contributed by atoms with E-state index in [1.54, 1.807) is 6.20 Å². The number of carbonyl (C=O) groups is 1. The van der Waals surface area contributed by atoms with Crippen LogP contribution in [0.4, 0.5) is 0 Å². The van der Waals surface area contributed by atoms with Gasteiger partial charge in [0, 0.05) is 17.8 Å². The minimum atomic E-state index is -0.00793. The molecule has 1 aromatic carbocycles. The summed E-state index contributed by atoms with van der Waals surface area (Å²) in [5.74, 6) is 0.0160. The Bertz CT molecular complexity index is 851. The third-order valence-corrected chi connectivity index (χ3v) is 4.16. The molecule has 0 fully saturated rings. The van der Waals surface area contributed by atoms with Gasteiger partial charge in [-0.15, -0.1) is 0 Å². The molecule has 2 N–H and O–H groups in total. The number of fused-ring (bicyclic) bond motifs is 1. The molecule has 0 saturated heterocycles. The van der Waals surface area contributed by atoms with Crippen LogP contribution in [-0.2, 0) is 11.2 Å². The molecule has 3 rings (SSSR count). The molecule has 4 heteroatoms. The first-order valence-corrected chi connectivity index (χ1v) is 7.82. The van der Waals surface area contributed by atoms with Crippen molar-refractivity contribution in [1.29, 1.82) is 0 Å². The fourth-order valence-electron chi connectivity index (χ4n) is 3.01. The fraction of sp³-hybridized carbons (Fsp3) is 0.263. The van der Waals surface area contributed by atoms with E-state index in [0.29, 0.717) is 6.42 Å². The first-order chi connectivity index (χ1) is 11.0. The minimum Gasteiger partial charge on any atom is -0.349 e. The van der Waals surface area contributed by atoms with Crippen molar-refractivity contribution < 1.29 is 4.79 Å². The smallest absolute Gasteiger partial charge is 0.224 e. The Morgan fingerprint density at radius 2 is 2.13 bits per heavy atom. The Morgan fingerprint density at radius 1 is 1.30 bits per heavy atom. The van der Waals surface area contributed by atoms with Gasteiger partial charge in [-0.25, -0.2) is 4.98 Å². The molecule has 0 aliphatic rings. The third kappa shape index (κ3) is 3.26. The zero-order chi connectivity index (χ0) is 16.4. The summed E-state index contributed by atoms with van der Waals surface area (Å²) < 4.78 is 0. The molecule has 0 spiro atoms. The second-order valence-corrected chi connectivity index (χ2v) is 6.04. The van der Waals surface area contributed by atoms with E-state index in [-0.39, 0.29) is 11.9 Å². The summed E-state index contributed by atoms with van der Waals surface area (Å²) in [6.07, 6.45) is 3.95. The highest BCUT2D eigenvalue weighted by molar-refractivity contribution is 5.87. The summed E-state index contributed by atoms with van der Waals surface area (Å²) in [7, 11) is 0. The van der Waals surface area contributed by atoms with Crippen LogP contribution in [0.25, 0.3) is 11.0 Å². The summed E-state index contributed by atoms with van der Waals surface area (Å²) in [6, 6.07) is 10.2. The van der Waals surface area contributed by atoms with Crippen LogP contribution in [0.15, 0.2) is 42.7 Å². The summed E-state index contributed by atoms with van der Waals surface area (Å²) >= 11 is 0. The number of hydrogen-bond acceptors (Lipinski definition) is 2. The second kappa shape index (κ2) is 6.24. The predicted molar refractivity (Wildman–Crippen MR) is 92.3 cm³/mol. The monoisotopic (exact) mass is 307 g/mol. The first-order valence-electron chi connectivity index (χ1n) is 7.82. The van der Waals surface area contributed by atoms with Crippen molar-refractivity contribution in [3.8, 4) is 0 Å². The van der Waals surface area contributed by atoms with Crippen molar-refractivity contribution in [2.75, 3.05) is 0 Å². The number of hydrogen-bond donors (Lipinski definition) is 2. The number of H-pyrrole nitrogens is 1. The van der Waals surface area contributed by atoms with E-state index in [4.69, 9.17) is 0 Å². The summed E-state index contributed by atoms with van der Waals surface area (Å²) in [5, 5.41) is 4.09. The van der Waals surface area contributed by atoms with Crippen molar-refractivity contribution in [2.24, 2.45) is 0 Å². The van der Waals surface area contributed by atoms with E-state index in [9.17, 15) is 4.79 Å². The number of benzene rings is 1. The maximum absolute atomic E-state index is 12.4. The Morgan fingerprint density at radius 3 is 2.91 bits per heavy atom. The first kappa shape index (κ1) is 15.3. The Hall–Kier alpha value is -2.62. The lowest BCUT2D eigenvalue weighted by Crippen LogP contribution is -2.28. The average Bonchev–Trinajstić information content (AvgIpc) is 2.90. The summed E-state index contributed by atoms with van der Waals surface area (Å²) in [4.78, 5) is 19.7. The lowest BCUT2D eigenvalue weighted by Gasteiger charge is -2.17. The minimum absolute atomic E-state index is 0.00793. The van der Waals surface area contributed by atoms with Crippen LogP contribution in [0.2, 0.25) is 0 Å². The number of nitrogens with zero attached hydrogens (tertiary/aromatic N) is 1. The molecule has 1 amide bonds. The number of carbonyl (C=O) groups excluding carboxylic acids is 1. The van der Waals surface area contributed by atoms with Gasteiger partial charge in [0.05, 0.1) is 12.5 Å². The summed E-state index contributed by atoms with van der Waals surface area (Å²) in [5.41, 5.74) is 5.38. The normalized spacial score (nSPS) is 12.3. The van der Waals surface area contributed by atoms with Gasteiger partial charge in [0.1, 0.15) is 5.65 Å². The number of pyridine rings is 1. The van der Waals surface area contributed by atoms with Crippen LogP contribution in [0.1, 0.15) is 35.2 Å². The van der Waals surface area contributed by atoms with E-state index in [0.717, 1.165) is 22.2 Å². The molecule has 0 aliphatic carbocycles. The van der Waals surface area contributed by atoms with E-state index in [1.807, 2.05) is 25.3 Å². The molecule has 2 aromatic heterocycles. The number of amides is 1. The Kier molecular flexibility index (Phi) is 4.15.